The number of benzene rings is 1. The van der Waals surface area contributed by atoms with Crippen LogP contribution in [0.25, 0.3) is 11.3 Å². The molecule has 0 unspecified atom stereocenters. The topological polar surface area (TPSA) is 92.8 Å². The van der Waals surface area contributed by atoms with Crippen molar-refractivity contribution in [3.63, 3.8) is 0 Å². The molecule has 0 fully saturated rings. The van der Waals surface area contributed by atoms with Crippen LogP contribution in [-0.2, 0) is 0 Å². The van der Waals surface area contributed by atoms with Gasteiger partial charge in [-0.3, -0.25) is 0 Å². The molecule has 0 aliphatic heterocycles. The molecule has 0 amide bonds. The van der Waals surface area contributed by atoms with Crippen molar-refractivity contribution in [3.8, 4) is 22.8 Å². The van der Waals surface area contributed by atoms with Crippen molar-refractivity contribution in [2.45, 2.75) is 0 Å². The van der Waals surface area contributed by atoms with Crippen LogP contribution >= 0.6 is 15.9 Å². The highest BCUT2D eigenvalue weighted by molar-refractivity contribution is 9.10. The Bertz CT molecular complexity index is 655. The molecule has 1 aromatic carbocycles. The van der Waals surface area contributed by atoms with Crippen molar-refractivity contribution in [2.75, 3.05) is 7.11 Å². The van der Waals surface area contributed by atoms with E-state index < -0.39 is 11.8 Å². The first kappa shape index (κ1) is 13.3. The largest absolute Gasteiger partial charge is 0.504 e. The summed E-state index contributed by atoms with van der Waals surface area (Å²) in [4.78, 5) is 10.7. The van der Waals surface area contributed by atoms with E-state index in [0.29, 0.717) is 0 Å². The first-order chi connectivity index (χ1) is 8.95. The number of ether oxygens (including phenoxy) is 1. The van der Waals surface area contributed by atoms with E-state index in [1.54, 1.807) is 0 Å². The number of aromatic hydroxyl groups is 1. The molecule has 2 N–H and O–H groups in total. The summed E-state index contributed by atoms with van der Waals surface area (Å²) >= 11 is 2.95. The second-order valence-corrected chi connectivity index (χ2v) is 4.27. The van der Waals surface area contributed by atoms with Crippen LogP contribution in [0, 0.1) is 5.82 Å². The highest BCUT2D eigenvalue weighted by Crippen LogP contribution is 2.43. The van der Waals surface area contributed by atoms with Gasteiger partial charge in [-0.05, 0) is 15.9 Å². The molecule has 1 aromatic heterocycles. The predicted octanol–water partition coefficient (Wildman–Crippen LogP) is 2.66. The zero-order chi connectivity index (χ0) is 14.2. The molecule has 8 heteroatoms. The zero-order valence-electron chi connectivity index (χ0n) is 9.48. The van der Waals surface area contributed by atoms with E-state index in [2.05, 4.69) is 21.1 Å². The number of nitrogens with zero attached hydrogens (tertiary/aromatic N) is 1. The lowest BCUT2D eigenvalue weighted by Crippen LogP contribution is -1.94. The fraction of sp³-hybridized carbons (Fsp3) is 0.0909. The minimum atomic E-state index is -1.30. The van der Waals surface area contributed by atoms with E-state index in [1.807, 2.05) is 0 Å². The normalized spacial score (nSPS) is 10.5. The van der Waals surface area contributed by atoms with E-state index in [-0.39, 0.29) is 33.0 Å². The van der Waals surface area contributed by atoms with Gasteiger partial charge in [-0.1, -0.05) is 5.16 Å². The molecular weight excluding hydrogens is 325 g/mol. The van der Waals surface area contributed by atoms with Gasteiger partial charge in [-0.15, -0.1) is 0 Å². The standard InChI is InChI=1S/C11H7BrFNO5/c1-18-7-2-4(13)9(12)8(10(7)15)6-3-5(11(16)17)14-19-6/h2-3,15H,1H3,(H,16,17). The van der Waals surface area contributed by atoms with Gasteiger partial charge in [0.05, 0.1) is 17.1 Å². The summed E-state index contributed by atoms with van der Waals surface area (Å²) in [6, 6.07) is 2.05. The molecule has 0 saturated carbocycles. The zero-order valence-corrected chi connectivity index (χ0v) is 11.1. The predicted molar refractivity (Wildman–Crippen MR) is 64.8 cm³/mol. The molecule has 19 heavy (non-hydrogen) atoms. The number of carbonyl (C=O) groups is 1. The molecule has 0 aliphatic rings. The minimum Gasteiger partial charge on any atom is -0.504 e. The molecule has 0 saturated heterocycles. The van der Waals surface area contributed by atoms with E-state index in [4.69, 9.17) is 14.4 Å². The maximum Gasteiger partial charge on any atom is 0.358 e. The second-order valence-electron chi connectivity index (χ2n) is 3.48. The van der Waals surface area contributed by atoms with Crippen LogP contribution in [0.5, 0.6) is 11.5 Å². The number of phenols is 1. The average Bonchev–Trinajstić information content (AvgIpc) is 2.83. The minimum absolute atomic E-state index is 0.0724. The number of phenolic OH excluding ortho intramolecular Hbond substituents is 1. The lowest BCUT2D eigenvalue weighted by Gasteiger charge is -2.09. The molecule has 2 aromatic rings. The highest BCUT2D eigenvalue weighted by Gasteiger charge is 2.23. The number of hydrogen-bond acceptors (Lipinski definition) is 5. The van der Waals surface area contributed by atoms with Crippen LogP contribution < -0.4 is 4.74 Å². The number of methoxy groups -OCH3 is 1. The van der Waals surface area contributed by atoms with E-state index >= 15 is 0 Å². The molecule has 0 spiro atoms. The van der Waals surface area contributed by atoms with Gasteiger partial charge in [0, 0.05) is 12.1 Å². The quantitative estimate of drug-likeness (QED) is 0.898. The van der Waals surface area contributed by atoms with Crippen LogP contribution in [0.1, 0.15) is 10.5 Å². The Hall–Kier alpha value is -2.09. The lowest BCUT2D eigenvalue weighted by molar-refractivity contribution is 0.0686. The van der Waals surface area contributed by atoms with E-state index in [0.717, 1.165) is 12.1 Å². The SMILES string of the molecule is COc1cc(F)c(Br)c(-c2cc(C(=O)O)no2)c1O. The summed E-state index contributed by atoms with van der Waals surface area (Å²) < 4.78 is 23.2. The third-order valence-corrected chi connectivity index (χ3v) is 3.13. The number of aromatic nitrogens is 1. The number of aromatic carboxylic acids is 1. The lowest BCUT2D eigenvalue weighted by atomic mass is 10.1. The van der Waals surface area contributed by atoms with Gasteiger partial charge in [-0.2, -0.15) is 0 Å². The number of rotatable bonds is 3. The molecule has 100 valence electrons. The van der Waals surface area contributed by atoms with E-state index in [1.165, 1.54) is 7.11 Å². The van der Waals surface area contributed by atoms with Crippen LogP contribution in [0.15, 0.2) is 21.1 Å². The summed E-state index contributed by atoms with van der Waals surface area (Å²) in [7, 11) is 1.26. The summed E-state index contributed by atoms with van der Waals surface area (Å²) in [5.41, 5.74) is -0.429. The Morgan fingerprint density at radius 2 is 2.21 bits per heavy atom. The van der Waals surface area contributed by atoms with Crippen LogP contribution in [0.4, 0.5) is 4.39 Å². The molecule has 0 bridgehead atoms. The van der Waals surface area contributed by atoms with Gasteiger partial charge >= 0.3 is 5.97 Å². The second kappa shape index (κ2) is 4.88. The van der Waals surface area contributed by atoms with Crippen LogP contribution in [-0.4, -0.2) is 28.4 Å². The summed E-state index contributed by atoms with van der Waals surface area (Å²) in [6.45, 7) is 0. The van der Waals surface area contributed by atoms with Crippen molar-refractivity contribution < 1.29 is 28.7 Å². The summed E-state index contributed by atoms with van der Waals surface area (Å²) in [5.74, 6) is -2.58. The smallest absolute Gasteiger partial charge is 0.358 e. The first-order valence-corrected chi connectivity index (χ1v) is 5.70. The number of halogens is 2. The van der Waals surface area contributed by atoms with Gasteiger partial charge in [0.2, 0.25) is 0 Å². The van der Waals surface area contributed by atoms with Gasteiger partial charge < -0.3 is 19.5 Å². The van der Waals surface area contributed by atoms with Gasteiger partial charge in [0.1, 0.15) is 5.82 Å². The Labute approximate surface area is 114 Å². The van der Waals surface area contributed by atoms with Gasteiger partial charge in [0.15, 0.2) is 23.0 Å². The Morgan fingerprint density at radius 1 is 1.53 bits per heavy atom. The molecule has 0 radical (unpaired) electrons. The van der Waals surface area contributed by atoms with E-state index in [9.17, 15) is 14.3 Å². The van der Waals surface area contributed by atoms with Crippen molar-refractivity contribution in [2.24, 2.45) is 0 Å². The molecule has 6 nitrogen and oxygen atoms in total. The number of carboxylic acid groups (broad SMARTS) is 1. The molecular formula is C11H7BrFNO5. The van der Waals surface area contributed by atoms with Crippen molar-refractivity contribution in [1.29, 1.82) is 0 Å². The van der Waals surface area contributed by atoms with Crippen molar-refractivity contribution in [1.82, 2.24) is 5.16 Å². The molecule has 0 atom stereocenters. The van der Waals surface area contributed by atoms with Gasteiger partial charge in [0.25, 0.3) is 0 Å². The maximum atomic E-state index is 13.6. The Balaban J connectivity index is 2.66. The summed E-state index contributed by atoms with van der Waals surface area (Å²) in [6.07, 6.45) is 0. The van der Waals surface area contributed by atoms with Crippen molar-refractivity contribution >= 4 is 21.9 Å². The highest BCUT2D eigenvalue weighted by atomic mass is 79.9. The van der Waals surface area contributed by atoms with Crippen LogP contribution in [0.3, 0.4) is 0 Å². The summed E-state index contributed by atoms with van der Waals surface area (Å²) in [5, 5.41) is 22.0. The van der Waals surface area contributed by atoms with Gasteiger partial charge in [-0.25, -0.2) is 9.18 Å². The number of carboxylic acids is 1. The fourth-order valence-electron chi connectivity index (χ4n) is 1.47. The maximum absolute atomic E-state index is 13.6. The van der Waals surface area contributed by atoms with Crippen LogP contribution in [0.2, 0.25) is 0 Å². The first-order valence-electron chi connectivity index (χ1n) is 4.91. The third kappa shape index (κ3) is 2.26. The fourth-order valence-corrected chi connectivity index (χ4v) is 1.97. The molecule has 1 heterocycles. The Kier molecular flexibility index (Phi) is 3.43. The number of hydrogen-bond donors (Lipinski definition) is 2. The third-order valence-electron chi connectivity index (χ3n) is 2.35. The molecule has 2 rings (SSSR count). The molecule has 0 aliphatic carbocycles. The van der Waals surface area contributed by atoms with Crippen molar-refractivity contribution in [3.05, 3.63) is 28.1 Å². The monoisotopic (exact) mass is 331 g/mol. The Morgan fingerprint density at radius 3 is 2.74 bits per heavy atom. The average molecular weight is 332 g/mol.